The maximum absolute atomic E-state index is 13.0. The van der Waals surface area contributed by atoms with Crippen LogP contribution in [0.4, 0.5) is 17.3 Å². The second-order valence-corrected chi connectivity index (χ2v) is 7.10. The molecular weight excluding hydrogens is 336 g/mol. The van der Waals surface area contributed by atoms with Gasteiger partial charge in [-0.15, -0.1) is 0 Å². The van der Waals surface area contributed by atoms with Crippen LogP contribution in [-0.4, -0.2) is 21.9 Å². The van der Waals surface area contributed by atoms with Crippen molar-refractivity contribution in [3.8, 4) is 0 Å². The number of rotatable bonds is 3. The highest BCUT2D eigenvalue weighted by Gasteiger charge is 2.31. The van der Waals surface area contributed by atoms with Crippen molar-refractivity contribution in [2.24, 2.45) is 0 Å². The summed E-state index contributed by atoms with van der Waals surface area (Å²) in [6, 6.07) is 14.4. The number of para-hydroxylation sites is 1. The van der Waals surface area contributed by atoms with E-state index in [0.29, 0.717) is 11.5 Å². The van der Waals surface area contributed by atoms with Gasteiger partial charge in [0, 0.05) is 29.8 Å². The van der Waals surface area contributed by atoms with Crippen LogP contribution in [0, 0.1) is 13.8 Å². The topological polar surface area (TPSA) is 58.1 Å². The van der Waals surface area contributed by atoms with Gasteiger partial charge in [-0.2, -0.15) is 0 Å². The predicted molar refractivity (Wildman–Crippen MR) is 108 cm³/mol. The Morgan fingerprint density at radius 2 is 1.85 bits per heavy atom. The molecule has 5 nitrogen and oxygen atoms in total. The van der Waals surface area contributed by atoms with E-state index in [4.69, 9.17) is 0 Å². The number of aromatic nitrogens is 2. The number of fused-ring (bicyclic) bond motifs is 1. The average molecular weight is 358 g/mol. The number of nitrogens with one attached hydrogen (secondary N) is 1. The van der Waals surface area contributed by atoms with E-state index >= 15 is 0 Å². The molecule has 4 rings (SSSR count). The fraction of sp³-hybridized carbons (Fsp3) is 0.227. The molecule has 136 valence electrons. The van der Waals surface area contributed by atoms with Crippen LogP contribution in [0.2, 0.25) is 0 Å². The number of nitrogens with zero attached hydrogens (tertiary/aromatic N) is 3. The third kappa shape index (κ3) is 3.28. The second kappa shape index (κ2) is 6.83. The standard InChI is InChI=1S/C22H22N4O/c1-14-8-9-15(2)19(10-14)25-22-23-12-18(13-24-22)21(27)26-16(3)11-17-6-4-5-7-20(17)26/h4-10,12-13,16H,11H2,1-3H3,(H,23,24,25). The van der Waals surface area contributed by atoms with Crippen molar-refractivity contribution in [2.75, 3.05) is 10.2 Å². The first-order valence-corrected chi connectivity index (χ1v) is 9.11. The van der Waals surface area contributed by atoms with Gasteiger partial charge in [0.15, 0.2) is 0 Å². The third-order valence-electron chi connectivity index (χ3n) is 4.96. The first-order chi connectivity index (χ1) is 13.0. The van der Waals surface area contributed by atoms with Gasteiger partial charge in [-0.1, -0.05) is 30.3 Å². The van der Waals surface area contributed by atoms with Gasteiger partial charge in [-0.05, 0) is 56.0 Å². The Morgan fingerprint density at radius 1 is 1.11 bits per heavy atom. The molecule has 0 saturated heterocycles. The van der Waals surface area contributed by atoms with Crippen LogP contribution >= 0.6 is 0 Å². The quantitative estimate of drug-likeness (QED) is 0.752. The maximum Gasteiger partial charge on any atom is 0.261 e. The first kappa shape index (κ1) is 17.2. The Labute approximate surface area is 159 Å². The minimum Gasteiger partial charge on any atom is -0.324 e. The molecule has 1 amide bonds. The number of benzene rings is 2. The lowest BCUT2D eigenvalue weighted by Crippen LogP contribution is -2.35. The van der Waals surface area contributed by atoms with Crippen molar-refractivity contribution >= 4 is 23.2 Å². The largest absolute Gasteiger partial charge is 0.324 e. The van der Waals surface area contributed by atoms with Crippen LogP contribution in [-0.2, 0) is 6.42 Å². The average Bonchev–Trinajstić information content (AvgIpc) is 3.00. The highest BCUT2D eigenvalue weighted by molar-refractivity contribution is 6.07. The van der Waals surface area contributed by atoms with Gasteiger partial charge in [0.25, 0.3) is 5.91 Å². The summed E-state index contributed by atoms with van der Waals surface area (Å²) < 4.78 is 0. The van der Waals surface area contributed by atoms with Gasteiger partial charge in [-0.25, -0.2) is 9.97 Å². The van der Waals surface area contributed by atoms with Gasteiger partial charge in [0.2, 0.25) is 5.95 Å². The molecule has 0 fully saturated rings. The zero-order valence-corrected chi connectivity index (χ0v) is 15.7. The van der Waals surface area contributed by atoms with E-state index in [0.717, 1.165) is 28.9 Å². The van der Waals surface area contributed by atoms with Gasteiger partial charge >= 0.3 is 0 Å². The lowest BCUT2D eigenvalue weighted by atomic mass is 10.1. The Bertz CT molecular complexity index is 997. The summed E-state index contributed by atoms with van der Waals surface area (Å²) in [5, 5.41) is 3.23. The Kier molecular flexibility index (Phi) is 4.36. The number of amides is 1. The molecule has 2 aromatic carbocycles. The summed E-state index contributed by atoms with van der Waals surface area (Å²) in [4.78, 5) is 23.6. The molecule has 0 aliphatic carbocycles. The third-order valence-corrected chi connectivity index (χ3v) is 4.96. The number of carbonyl (C=O) groups excluding carboxylic acids is 1. The summed E-state index contributed by atoms with van der Waals surface area (Å²) in [6.45, 7) is 6.14. The number of aryl methyl sites for hydroxylation is 2. The Hall–Kier alpha value is -3.21. The molecule has 0 radical (unpaired) electrons. The minimum absolute atomic E-state index is 0.0641. The van der Waals surface area contributed by atoms with Crippen molar-refractivity contribution in [3.05, 3.63) is 77.1 Å². The molecule has 0 bridgehead atoms. The van der Waals surface area contributed by atoms with Crippen molar-refractivity contribution < 1.29 is 4.79 Å². The number of anilines is 3. The van der Waals surface area contributed by atoms with Gasteiger partial charge in [-0.3, -0.25) is 4.79 Å². The first-order valence-electron chi connectivity index (χ1n) is 9.11. The summed E-state index contributed by atoms with van der Waals surface area (Å²) in [5.74, 6) is 0.417. The summed E-state index contributed by atoms with van der Waals surface area (Å²) in [7, 11) is 0. The lowest BCUT2D eigenvalue weighted by molar-refractivity contribution is 0.0981. The van der Waals surface area contributed by atoms with E-state index in [-0.39, 0.29) is 11.9 Å². The zero-order chi connectivity index (χ0) is 19.0. The summed E-state index contributed by atoms with van der Waals surface area (Å²) in [5.41, 5.74) is 5.92. The monoisotopic (exact) mass is 358 g/mol. The molecule has 1 aliphatic heterocycles. The van der Waals surface area contributed by atoms with Crippen molar-refractivity contribution in [2.45, 2.75) is 33.2 Å². The molecule has 2 heterocycles. The minimum atomic E-state index is -0.0641. The van der Waals surface area contributed by atoms with Crippen LogP contribution in [0.1, 0.15) is 34.0 Å². The SMILES string of the molecule is Cc1ccc(C)c(Nc2ncc(C(=O)N3c4ccccc4CC3C)cn2)c1. The summed E-state index contributed by atoms with van der Waals surface area (Å²) in [6.07, 6.45) is 4.06. The van der Waals surface area contributed by atoms with E-state index in [1.807, 2.05) is 36.9 Å². The molecular formula is C22H22N4O. The number of hydrogen-bond acceptors (Lipinski definition) is 4. The fourth-order valence-corrected chi connectivity index (χ4v) is 3.51. The number of hydrogen-bond donors (Lipinski definition) is 1. The highest BCUT2D eigenvalue weighted by atomic mass is 16.2. The van der Waals surface area contributed by atoms with Crippen LogP contribution in [0.25, 0.3) is 0 Å². The maximum atomic E-state index is 13.0. The van der Waals surface area contributed by atoms with E-state index in [1.54, 1.807) is 12.4 Å². The number of carbonyl (C=O) groups is 1. The zero-order valence-electron chi connectivity index (χ0n) is 15.7. The highest BCUT2D eigenvalue weighted by Crippen LogP contribution is 2.33. The molecule has 0 saturated carbocycles. The van der Waals surface area contributed by atoms with Crippen LogP contribution in [0.3, 0.4) is 0 Å². The van der Waals surface area contributed by atoms with Gasteiger partial charge in [0.05, 0.1) is 5.56 Å². The second-order valence-electron chi connectivity index (χ2n) is 7.10. The van der Waals surface area contributed by atoms with Gasteiger partial charge in [0.1, 0.15) is 0 Å². The van der Waals surface area contributed by atoms with Crippen LogP contribution in [0.5, 0.6) is 0 Å². The lowest BCUT2D eigenvalue weighted by Gasteiger charge is -2.22. The Balaban J connectivity index is 1.56. The molecule has 1 unspecified atom stereocenters. The molecule has 1 N–H and O–H groups in total. The van der Waals surface area contributed by atoms with E-state index < -0.39 is 0 Å². The van der Waals surface area contributed by atoms with Crippen LogP contribution in [0.15, 0.2) is 54.9 Å². The molecule has 3 aromatic rings. The molecule has 1 aliphatic rings. The van der Waals surface area contributed by atoms with E-state index in [1.165, 1.54) is 5.56 Å². The van der Waals surface area contributed by atoms with Crippen molar-refractivity contribution in [1.29, 1.82) is 0 Å². The van der Waals surface area contributed by atoms with Crippen LogP contribution < -0.4 is 10.2 Å². The molecule has 1 aromatic heterocycles. The predicted octanol–water partition coefficient (Wildman–Crippen LogP) is 4.43. The summed E-state index contributed by atoms with van der Waals surface area (Å²) >= 11 is 0. The van der Waals surface area contributed by atoms with Gasteiger partial charge < -0.3 is 10.2 Å². The Morgan fingerprint density at radius 3 is 2.63 bits per heavy atom. The molecule has 0 spiro atoms. The smallest absolute Gasteiger partial charge is 0.261 e. The van der Waals surface area contributed by atoms with Crippen molar-refractivity contribution in [1.82, 2.24) is 9.97 Å². The van der Waals surface area contributed by atoms with Crippen molar-refractivity contribution in [3.63, 3.8) is 0 Å². The fourth-order valence-electron chi connectivity index (χ4n) is 3.51. The van der Waals surface area contributed by atoms with E-state index in [2.05, 4.69) is 46.5 Å². The molecule has 5 heteroatoms. The van der Waals surface area contributed by atoms with E-state index in [9.17, 15) is 4.79 Å². The normalized spacial score (nSPS) is 15.5. The molecule has 1 atom stereocenters. The molecule has 27 heavy (non-hydrogen) atoms.